The average Bonchev–Trinajstić information content (AvgIpc) is 2.64. The van der Waals surface area contributed by atoms with Crippen LogP contribution in [0.15, 0.2) is 18.2 Å². The molecule has 194 valence electrons. The number of nitrogens with one attached hydrogen (secondary N) is 1. The summed E-state index contributed by atoms with van der Waals surface area (Å²) in [5.74, 6) is -2.28. The van der Waals surface area contributed by atoms with Crippen LogP contribution in [0.25, 0.3) is 0 Å². The van der Waals surface area contributed by atoms with Crippen molar-refractivity contribution < 1.29 is 28.2 Å². The smallest absolute Gasteiger partial charge is 0.412 e. The van der Waals surface area contributed by atoms with Gasteiger partial charge < -0.3 is 19.7 Å². The van der Waals surface area contributed by atoms with Crippen LogP contribution in [-0.4, -0.2) is 41.8 Å². The van der Waals surface area contributed by atoms with Gasteiger partial charge in [0.2, 0.25) is 7.37 Å². The molecule has 3 atom stereocenters. The standard InChI is InChI=1S/C25H43N2O6P/c1-11-31-34(30,21(26)16(2)3)15-19(22(28)32-24(5,6)7)18-13-12-14-20(17(18)4)27-23(29)33-25(8,9)10/h12-14,16,19,21H,11,15,26H2,1-10H3,(H,27,29). The van der Waals surface area contributed by atoms with E-state index in [1.165, 1.54) is 0 Å². The second kappa shape index (κ2) is 11.7. The van der Waals surface area contributed by atoms with Crippen LogP contribution < -0.4 is 11.1 Å². The Morgan fingerprint density at radius 2 is 1.62 bits per heavy atom. The molecule has 1 rings (SSSR count). The summed E-state index contributed by atoms with van der Waals surface area (Å²) in [6.07, 6.45) is -0.713. The number of amides is 1. The first-order valence-corrected chi connectivity index (χ1v) is 13.6. The molecule has 3 N–H and O–H groups in total. The van der Waals surface area contributed by atoms with Crippen LogP contribution in [0.2, 0.25) is 0 Å². The lowest BCUT2D eigenvalue weighted by Gasteiger charge is -2.31. The minimum atomic E-state index is -3.43. The topological polar surface area (TPSA) is 117 Å². The van der Waals surface area contributed by atoms with Gasteiger partial charge >= 0.3 is 12.1 Å². The van der Waals surface area contributed by atoms with E-state index in [-0.39, 0.29) is 18.7 Å². The maximum Gasteiger partial charge on any atom is 0.412 e. The molecule has 0 aliphatic carbocycles. The number of benzene rings is 1. The van der Waals surface area contributed by atoms with E-state index in [0.717, 1.165) is 0 Å². The summed E-state index contributed by atoms with van der Waals surface area (Å²) >= 11 is 0. The Hall–Kier alpha value is -1.89. The average molecular weight is 499 g/mol. The van der Waals surface area contributed by atoms with E-state index in [9.17, 15) is 14.2 Å². The van der Waals surface area contributed by atoms with Crippen molar-refractivity contribution in [2.24, 2.45) is 11.7 Å². The Kier molecular flexibility index (Phi) is 10.4. The molecule has 8 nitrogen and oxygen atoms in total. The van der Waals surface area contributed by atoms with E-state index >= 15 is 0 Å². The van der Waals surface area contributed by atoms with Gasteiger partial charge in [-0.15, -0.1) is 0 Å². The summed E-state index contributed by atoms with van der Waals surface area (Å²) < 4.78 is 30.7. The molecule has 0 saturated carbocycles. The number of esters is 1. The quantitative estimate of drug-likeness (QED) is 0.316. The van der Waals surface area contributed by atoms with Crippen LogP contribution in [0.5, 0.6) is 0 Å². The van der Waals surface area contributed by atoms with Crippen molar-refractivity contribution in [3.8, 4) is 0 Å². The Morgan fingerprint density at radius 1 is 1.06 bits per heavy atom. The third-order valence-electron chi connectivity index (χ3n) is 5.00. The lowest BCUT2D eigenvalue weighted by Crippen LogP contribution is -2.34. The largest absolute Gasteiger partial charge is 0.459 e. The van der Waals surface area contributed by atoms with Gasteiger partial charge in [0.25, 0.3) is 0 Å². The Bertz CT molecular complexity index is 902. The van der Waals surface area contributed by atoms with E-state index < -0.39 is 42.3 Å². The molecular formula is C25H43N2O6P. The van der Waals surface area contributed by atoms with Gasteiger partial charge in [-0.1, -0.05) is 26.0 Å². The third-order valence-corrected chi connectivity index (χ3v) is 8.07. The second-order valence-corrected chi connectivity index (χ2v) is 13.5. The SMILES string of the molecule is CCOP(=O)(CC(C(=O)OC(C)(C)C)c1cccc(NC(=O)OC(C)(C)C)c1C)C(N)C(C)C. The number of carbonyl (C=O) groups excluding carboxylic acids is 2. The molecule has 1 aromatic carbocycles. The highest BCUT2D eigenvalue weighted by molar-refractivity contribution is 7.59. The van der Waals surface area contributed by atoms with Crippen molar-refractivity contribution in [3.05, 3.63) is 29.3 Å². The molecule has 0 spiro atoms. The maximum absolute atomic E-state index is 13.9. The van der Waals surface area contributed by atoms with E-state index in [1.807, 2.05) is 13.8 Å². The highest BCUT2D eigenvalue weighted by atomic mass is 31.2. The summed E-state index contributed by atoms with van der Waals surface area (Å²) in [6, 6.07) is 5.21. The molecule has 0 fully saturated rings. The molecule has 0 radical (unpaired) electrons. The van der Waals surface area contributed by atoms with Gasteiger partial charge in [-0.2, -0.15) is 0 Å². The summed E-state index contributed by atoms with van der Waals surface area (Å²) in [4.78, 5) is 25.7. The first-order chi connectivity index (χ1) is 15.4. The van der Waals surface area contributed by atoms with Crippen LogP contribution in [0.3, 0.4) is 0 Å². The van der Waals surface area contributed by atoms with Crippen LogP contribution >= 0.6 is 7.37 Å². The first kappa shape index (κ1) is 30.1. The van der Waals surface area contributed by atoms with Gasteiger partial charge in [0.15, 0.2) is 0 Å². The number of rotatable bonds is 9. The fraction of sp³-hybridized carbons (Fsp3) is 0.680. The molecule has 0 aromatic heterocycles. The molecule has 3 unspecified atom stereocenters. The van der Waals surface area contributed by atoms with Gasteiger partial charge in [0.1, 0.15) is 11.2 Å². The highest BCUT2D eigenvalue weighted by Gasteiger charge is 2.41. The van der Waals surface area contributed by atoms with Crippen molar-refractivity contribution in [2.45, 2.75) is 92.1 Å². The van der Waals surface area contributed by atoms with Gasteiger partial charge in [-0.25, -0.2) is 4.79 Å². The Morgan fingerprint density at radius 3 is 2.09 bits per heavy atom. The molecule has 0 bridgehead atoms. The summed E-state index contributed by atoms with van der Waals surface area (Å²) in [7, 11) is -3.43. The van der Waals surface area contributed by atoms with E-state index in [2.05, 4.69) is 5.32 Å². The normalized spacial score (nSPS) is 15.9. The lowest BCUT2D eigenvalue weighted by atomic mass is 9.95. The molecular weight excluding hydrogens is 455 g/mol. The monoisotopic (exact) mass is 498 g/mol. The van der Waals surface area contributed by atoms with Crippen LogP contribution in [0, 0.1) is 12.8 Å². The predicted octanol–water partition coefficient (Wildman–Crippen LogP) is 6.02. The molecule has 0 saturated heterocycles. The molecule has 0 aliphatic rings. The van der Waals surface area contributed by atoms with Crippen molar-refractivity contribution >= 4 is 25.1 Å². The number of ether oxygens (including phenoxy) is 2. The summed E-state index contributed by atoms with van der Waals surface area (Å²) in [5, 5.41) is 2.74. The minimum absolute atomic E-state index is 0.105. The minimum Gasteiger partial charge on any atom is -0.459 e. The van der Waals surface area contributed by atoms with Crippen molar-refractivity contribution in [1.82, 2.24) is 0 Å². The number of nitrogens with two attached hydrogens (primary N) is 1. The first-order valence-electron chi connectivity index (χ1n) is 11.7. The lowest BCUT2D eigenvalue weighted by molar-refractivity contribution is -0.156. The molecule has 1 amide bonds. The Balaban J connectivity index is 3.50. The summed E-state index contributed by atoms with van der Waals surface area (Å²) in [6.45, 7) is 18.1. The van der Waals surface area contributed by atoms with Crippen LogP contribution in [-0.2, 0) is 23.4 Å². The molecule has 0 aliphatic heterocycles. The zero-order valence-corrected chi connectivity index (χ0v) is 23.2. The van der Waals surface area contributed by atoms with Crippen LogP contribution in [0.4, 0.5) is 10.5 Å². The molecule has 0 heterocycles. The molecule has 1 aromatic rings. The molecule has 34 heavy (non-hydrogen) atoms. The zero-order chi connectivity index (χ0) is 26.5. The fourth-order valence-electron chi connectivity index (χ4n) is 3.44. The van der Waals surface area contributed by atoms with E-state index in [4.69, 9.17) is 19.7 Å². The van der Waals surface area contributed by atoms with Crippen molar-refractivity contribution in [3.63, 3.8) is 0 Å². The Labute approximate surface area is 204 Å². The maximum atomic E-state index is 13.9. The fourth-order valence-corrected chi connectivity index (χ4v) is 6.16. The van der Waals surface area contributed by atoms with E-state index in [1.54, 1.807) is 73.6 Å². The number of carbonyl (C=O) groups is 2. The second-order valence-electron chi connectivity index (χ2n) is 10.8. The number of anilines is 1. The number of hydrogen-bond donors (Lipinski definition) is 2. The third kappa shape index (κ3) is 9.05. The number of hydrogen-bond acceptors (Lipinski definition) is 7. The summed E-state index contributed by atoms with van der Waals surface area (Å²) in [5.41, 5.74) is 6.62. The van der Waals surface area contributed by atoms with Gasteiger partial charge in [0, 0.05) is 11.8 Å². The highest BCUT2D eigenvalue weighted by Crippen LogP contribution is 2.55. The van der Waals surface area contributed by atoms with Gasteiger partial charge in [-0.05, 0) is 78.5 Å². The van der Waals surface area contributed by atoms with Crippen molar-refractivity contribution in [2.75, 3.05) is 18.1 Å². The van der Waals surface area contributed by atoms with Crippen molar-refractivity contribution in [1.29, 1.82) is 0 Å². The molecule has 9 heteroatoms. The van der Waals surface area contributed by atoms with Gasteiger partial charge in [-0.3, -0.25) is 14.7 Å². The van der Waals surface area contributed by atoms with Crippen LogP contribution in [0.1, 0.15) is 79.4 Å². The van der Waals surface area contributed by atoms with E-state index in [0.29, 0.717) is 16.8 Å². The predicted molar refractivity (Wildman–Crippen MR) is 137 cm³/mol. The van der Waals surface area contributed by atoms with Gasteiger partial charge in [0.05, 0.1) is 18.3 Å². The zero-order valence-electron chi connectivity index (χ0n) is 22.4.